The molecule has 1 amide bonds. The molecule has 0 bridgehead atoms. The quantitative estimate of drug-likeness (QED) is 0.429. The standard InChI is InChI=1S/C26H25FN4O/c1-26(2,3)25(32)29-22-14-17(10-11-18(22)16-8-9-16)23-15-31-24(28-23)13-12-21(30-31)19-6-4-5-7-20(19)27/h4-7,10-16H,8-9H2,1-3H3,(H,29,32). The Morgan fingerprint density at radius 2 is 1.84 bits per heavy atom. The van der Waals surface area contributed by atoms with Crippen LogP contribution in [0.1, 0.15) is 45.1 Å². The number of fused-ring (bicyclic) bond motifs is 1. The Morgan fingerprint density at radius 1 is 1.06 bits per heavy atom. The molecule has 1 fully saturated rings. The average molecular weight is 429 g/mol. The van der Waals surface area contributed by atoms with E-state index in [0.29, 0.717) is 22.8 Å². The lowest BCUT2D eigenvalue weighted by molar-refractivity contribution is -0.123. The van der Waals surface area contributed by atoms with Crippen molar-refractivity contribution in [2.75, 3.05) is 5.32 Å². The van der Waals surface area contributed by atoms with Crippen LogP contribution in [-0.4, -0.2) is 20.5 Å². The Bertz CT molecular complexity index is 1330. The van der Waals surface area contributed by atoms with E-state index in [4.69, 9.17) is 4.98 Å². The van der Waals surface area contributed by atoms with Crippen LogP contribution in [0.5, 0.6) is 0 Å². The molecule has 6 heteroatoms. The molecule has 0 saturated heterocycles. The third kappa shape index (κ3) is 3.88. The van der Waals surface area contributed by atoms with Gasteiger partial charge in [0.25, 0.3) is 0 Å². The lowest BCUT2D eigenvalue weighted by Gasteiger charge is -2.20. The lowest BCUT2D eigenvalue weighted by Crippen LogP contribution is -2.28. The SMILES string of the molecule is CC(C)(C)C(=O)Nc1cc(-c2cn3nc(-c4ccccc4F)ccc3n2)ccc1C1CC1. The molecule has 162 valence electrons. The van der Waals surface area contributed by atoms with Gasteiger partial charge in [0.05, 0.1) is 17.6 Å². The average Bonchev–Trinajstić information content (AvgIpc) is 3.51. The maximum atomic E-state index is 14.2. The first-order valence-electron chi connectivity index (χ1n) is 10.9. The number of nitrogens with one attached hydrogen (secondary N) is 1. The summed E-state index contributed by atoms with van der Waals surface area (Å²) in [5.74, 6) is 0.183. The highest BCUT2D eigenvalue weighted by molar-refractivity contribution is 5.96. The van der Waals surface area contributed by atoms with E-state index in [1.165, 1.54) is 11.6 Å². The largest absolute Gasteiger partial charge is 0.325 e. The van der Waals surface area contributed by atoms with Gasteiger partial charge in [0, 0.05) is 22.2 Å². The summed E-state index contributed by atoms with van der Waals surface area (Å²) >= 11 is 0. The number of amides is 1. The summed E-state index contributed by atoms with van der Waals surface area (Å²) in [5.41, 5.74) is 4.86. The van der Waals surface area contributed by atoms with Crippen LogP contribution in [0, 0.1) is 11.2 Å². The fourth-order valence-electron chi connectivity index (χ4n) is 3.72. The normalized spacial score (nSPS) is 14.0. The van der Waals surface area contributed by atoms with E-state index in [-0.39, 0.29) is 11.7 Å². The molecule has 5 rings (SSSR count). The molecule has 5 nitrogen and oxygen atoms in total. The number of imidazole rings is 1. The van der Waals surface area contributed by atoms with E-state index >= 15 is 0 Å². The highest BCUT2D eigenvalue weighted by Gasteiger charge is 2.29. The Morgan fingerprint density at radius 3 is 2.56 bits per heavy atom. The molecule has 1 aliphatic carbocycles. The predicted molar refractivity (Wildman–Crippen MR) is 124 cm³/mol. The van der Waals surface area contributed by atoms with Gasteiger partial charge in [-0.2, -0.15) is 5.10 Å². The molecule has 32 heavy (non-hydrogen) atoms. The topological polar surface area (TPSA) is 59.3 Å². The zero-order valence-corrected chi connectivity index (χ0v) is 18.4. The second kappa shape index (κ2) is 7.55. The summed E-state index contributed by atoms with van der Waals surface area (Å²) in [4.78, 5) is 17.3. The number of benzene rings is 2. The fourth-order valence-corrected chi connectivity index (χ4v) is 3.72. The molecule has 2 aromatic carbocycles. The predicted octanol–water partition coefficient (Wildman–Crippen LogP) is 6.06. The number of anilines is 1. The first-order chi connectivity index (χ1) is 15.3. The van der Waals surface area contributed by atoms with Crippen molar-refractivity contribution < 1.29 is 9.18 Å². The Balaban J connectivity index is 1.52. The number of hydrogen-bond donors (Lipinski definition) is 1. The van der Waals surface area contributed by atoms with Gasteiger partial charge < -0.3 is 5.32 Å². The van der Waals surface area contributed by atoms with Gasteiger partial charge >= 0.3 is 0 Å². The van der Waals surface area contributed by atoms with E-state index < -0.39 is 5.41 Å². The fraction of sp³-hybridized carbons (Fsp3) is 0.269. The third-order valence-electron chi connectivity index (χ3n) is 5.77. The van der Waals surface area contributed by atoms with Crippen molar-refractivity contribution in [3.63, 3.8) is 0 Å². The van der Waals surface area contributed by atoms with E-state index in [0.717, 1.165) is 29.8 Å². The van der Waals surface area contributed by atoms with E-state index in [9.17, 15) is 9.18 Å². The molecule has 0 unspecified atom stereocenters. The number of nitrogens with zero attached hydrogens (tertiary/aromatic N) is 3. The van der Waals surface area contributed by atoms with Gasteiger partial charge in [-0.25, -0.2) is 13.9 Å². The third-order valence-corrected chi connectivity index (χ3v) is 5.77. The van der Waals surface area contributed by atoms with Crippen molar-refractivity contribution in [1.82, 2.24) is 14.6 Å². The molecule has 0 atom stereocenters. The van der Waals surface area contributed by atoms with Gasteiger partial charge in [-0.05, 0) is 54.7 Å². The van der Waals surface area contributed by atoms with Gasteiger partial charge in [-0.15, -0.1) is 0 Å². The zero-order valence-electron chi connectivity index (χ0n) is 18.4. The number of carbonyl (C=O) groups is 1. The number of aromatic nitrogens is 3. The van der Waals surface area contributed by atoms with E-state index in [1.807, 2.05) is 45.2 Å². The highest BCUT2D eigenvalue weighted by atomic mass is 19.1. The van der Waals surface area contributed by atoms with Crippen LogP contribution >= 0.6 is 0 Å². The second-order valence-corrected chi connectivity index (χ2v) is 9.41. The zero-order chi connectivity index (χ0) is 22.5. The highest BCUT2D eigenvalue weighted by Crippen LogP contribution is 2.44. The maximum absolute atomic E-state index is 14.2. The Kier molecular flexibility index (Phi) is 4.81. The van der Waals surface area contributed by atoms with Crippen molar-refractivity contribution in [2.45, 2.75) is 39.5 Å². The molecule has 2 aromatic heterocycles. The van der Waals surface area contributed by atoms with Gasteiger partial charge in [0.15, 0.2) is 5.65 Å². The van der Waals surface area contributed by atoms with Gasteiger partial charge in [0.1, 0.15) is 5.82 Å². The van der Waals surface area contributed by atoms with Crippen LogP contribution in [-0.2, 0) is 4.79 Å². The molecule has 4 aromatic rings. The van der Waals surface area contributed by atoms with Crippen molar-refractivity contribution in [2.24, 2.45) is 5.41 Å². The Hall–Kier alpha value is -3.54. The summed E-state index contributed by atoms with van der Waals surface area (Å²) in [6, 6.07) is 16.3. The molecule has 0 aliphatic heterocycles. The van der Waals surface area contributed by atoms with Crippen LogP contribution in [0.2, 0.25) is 0 Å². The van der Waals surface area contributed by atoms with E-state index in [1.54, 1.807) is 28.8 Å². The maximum Gasteiger partial charge on any atom is 0.229 e. The molecule has 1 N–H and O–H groups in total. The number of hydrogen-bond acceptors (Lipinski definition) is 3. The molecule has 1 aliphatic rings. The monoisotopic (exact) mass is 428 g/mol. The summed E-state index contributed by atoms with van der Waals surface area (Å²) in [7, 11) is 0. The molecule has 0 spiro atoms. The number of rotatable bonds is 4. The van der Waals surface area contributed by atoms with Gasteiger partial charge in [0.2, 0.25) is 5.91 Å². The van der Waals surface area contributed by atoms with Crippen LogP contribution in [0.4, 0.5) is 10.1 Å². The van der Waals surface area contributed by atoms with Gasteiger partial charge in [-0.1, -0.05) is 45.0 Å². The summed E-state index contributed by atoms with van der Waals surface area (Å²) in [6.45, 7) is 5.72. The molecular weight excluding hydrogens is 403 g/mol. The minimum atomic E-state index is -0.479. The summed E-state index contributed by atoms with van der Waals surface area (Å²) < 4.78 is 15.9. The summed E-state index contributed by atoms with van der Waals surface area (Å²) in [5, 5.41) is 7.68. The minimum absolute atomic E-state index is 0.0113. The first-order valence-corrected chi connectivity index (χ1v) is 10.9. The molecule has 0 radical (unpaired) electrons. The van der Waals surface area contributed by atoms with Crippen molar-refractivity contribution >= 4 is 17.2 Å². The second-order valence-electron chi connectivity index (χ2n) is 9.41. The van der Waals surface area contributed by atoms with Crippen molar-refractivity contribution in [3.05, 3.63) is 72.2 Å². The van der Waals surface area contributed by atoms with Crippen LogP contribution in [0.15, 0.2) is 60.8 Å². The minimum Gasteiger partial charge on any atom is -0.325 e. The number of halogens is 1. The van der Waals surface area contributed by atoms with Crippen LogP contribution in [0.25, 0.3) is 28.2 Å². The summed E-state index contributed by atoms with van der Waals surface area (Å²) in [6.07, 6.45) is 4.13. The van der Waals surface area contributed by atoms with Gasteiger partial charge in [-0.3, -0.25) is 4.79 Å². The van der Waals surface area contributed by atoms with Crippen LogP contribution < -0.4 is 5.32 Å². The van der Waals surface area contributed by atoms with E-state index in [2.05, 4.69) is 16.5 Å². The molecule has 1 saturated carbocycles. The number of carbonyl (C=O) groups excluding carboxylic acids is 1. The van der Waals surface area contributed by atoms with Crippen molar-refractivity contribution in [1.29, 1.82) is 0 Å². The molecular formula is C26H25FN4O. The first kappa shape index (κ1) is 20.4. The lowest BCUT2D eigenvalue weighted by atomic mass is 9.95. The smallest absolute Gasteiger partial charge is 0.229 e. The van der Waals surface area contributed by atoms with Crippen molar-refractivity contribution in [3.8, 4) is 22.5 Å². The molecule has 2 heterocycles. The Labute approximate surface area is 186 Å². The van der Waals surface area contributed by atoms with Crippen LogP contribution in [0.3, 0.4) is 0 Å².